The number of aliphatic hydroxyl groups is 1. The molecule has 0 radical (unpaired) electrons. The van der Waals surface area contributed by atoms with Crippen molar-refractivity contribution in [1.82, 2.24) is 0 Å². The Balaban J connectivity index is 2.02. The van der Waals surface area contributed by atoms with E-state index < -0.39 is 8.32 Å². The fourth-order valence-corrected chi connectivity index (χ4v) is 8.37. The molecule has 0 aromatic heterocycles. The largest absolute Gasteiger partial charge is 0.405 e. The van der Waals surface area contributed by atoms with Crippen molar-refractivity contribution in [2.24, 2.45) is 0 Å². The van der Waals surface area contributed by atoms with Crippen molar-refractivity contribution >= 4 is 18.7 Å². The van der Waals surface area contributed by atoms with Gasteiger partial charge in [0.15, 0.2) is 0 Å². The van der Waals surface area contributed by atoms with Gasteiger partial charge >= 0.3 is 0 Å². The maximum absolute atomic E-state index is 9.75. The third-order valence-electron chi connectivity index (χ3n) is 4.96. The SMILES string of the molecule is CC(C)(C)[Si](OC[C@@H]1C[C@@H](O)CO1)(c1ccccc1)c1ccccc1. The number of aliphatic hydroxyl groups excluding tert-OH is 1. The van der Waals surface area contributed by atoms with Gasteiger partial charge in [-0.15, -0.1) is 0 Å². The van der Waals surface area contributed by atoms with Crippen molar-refractivity contribution in [3.8, 4) is 0 Å². The zero-order chi connectivity index (χ0) is 17.9. The first kappa shape index (κ1) is 18.3. The smallest absolute Gasteiger partial charge is 0.261 e. The summed E-state index contributed by atoms with van der Waals surface area (Å²) in [5.74, 6) is 0. The lowest BCUT2D eigenvalue weighted by Gasteiger charge is -2.43. The highest BCUT2D eigenvalue weighted by Crippen LogP contribution is 2.37. The molecule has 1 heterocycles. The summed E-state index contributed by atoms with van der Waals surface area (Å²) in [5, 5.41) is 12.3. The fourth-order valence-electron chi connectivity index (χ4n) is 3.78. The molecule has 0 bridgehead atoms. The number of benzene rings is 2. The van der Waals surface area contributed by atoms with Crippen LogP contribution in [0.5, 0.6) is 0 Å². The molecule has 1 aliphatic rings. The highest BCUT2D eigenvalue weighted by atomic mass is 28.4. The molecule has 0 saturated carbocycles. The lowest BCUT2D eigenvalue weighted by molar-refractivity contribution is 0.0560. The molecular formula is C21H28O3Si. The first-order valence-electron chi connectivity index (χ1n) is 8.98. The molecule has 3 rings (SSSR count). The summed E-state index contributed by atoms with van der Waals surface area (Å²) in [5.41, 5.74) is 0. The van der Waals surface area contributed by atoms with Gasteiger partial charge in [0.25, 0.3) is 8.32 Å². The van der Waals surface area contributed by atoms with Gasteiger partial charge in [0.2, 0.25) is 0 Å². The zero-order valence-electron chi connectivity index (χ0n) is 15.3. The number of hydrogen-bond acceptors (Lipinski definition) is 3. The normalized spacial score (nSPS) is 21.4. The molecule has 0 amide bonds. The quantitative estimate of drug-likeness (QED) is 0.837. The van der Waals surface area contributed by atoms with Crippen molar-refractivity contribution in [1.29, 1.82) is 0 Å². The molecule has 0 unspecified atom stereocenters. The topological polar surface area (TPSA) is 38.7 Å². The Kier molecular flexibility index (Phi) is 5.44. The van der Waals surface area contributed by atoms with Crippen molar-refractivity contribution in [3.05, 3.63) is 60.7 Å². The van der Waals surface area contributed by atoms with Crippen LogP contribution < -0.4 is 10.4 Å². The molecule has 25 heavy (non-hydrogen) atoms. The molecule has 2 aromatic rings. The van der Waals surface area contributed by atoms with Crippen molar-refractivity contribution in [3.63, 3.8) is 0 Å². The van der Waals surface area contributed by atoms with Crippen LogP contribution in [0.4, 0.5) is 0 Å². The number of ether oxygens (including phenoxy) is 1. The van der Waals surface area contributed by atoms with Gasteiger partial charge in [-0.25, -0.2) is 0 Å². The van der Waals surface area contributed by atoms with Crippen LogP contribution in [0.25, 0.3) is 0 Å². The van der Waals surface area contributed by atoms with Gasteiger partial charge in [0, 0.05) is 6.42 Å². The molecule has 2 aromatic carbocycles. The molecule has 1 fully saturated rings. The van der Waals surface area contributed by atoms with E-state index >= 15 is 0 Å². The van der Waals surface area contributed by atoms with Crippen LogP contribution in [0.2, 0.25) is 5.04 Å². The van der Waals surface area contributed by atoms with Gasteiger partial charge in [-0.1, -0.05) is 81.4 Å². The predicted octanol–water partition coefficient (Wildman–Crippen LogP) is 2.71. The molecule has 1 aliphatic heterocycles. The van der Waals surface area contributed by atoms with E-state index in [0.29, 0.717) is 19.6 Å². The molecule has 3 nitrogen and oxygen atoms in total. The highest BCUT2D eigenvalue weighted by Gasteiger charge is 2.50. The van der Waals surface area contributed by atoms with Crippen LogP contribution in [0.3, 0.4) is 0 Å². The summed E-state index contributed by atoms with van der Waals surface area (Å²) in [4.78, 5) is 0. The van der Waals surface area contributed by atoms with Crippen LogP contribution in [0.1, 0.15) is 27.2 Å². The molecular weight excluding hydrogens is 328 g/mol. The second kappa shape index (κ2) is 7.42. The summed E-state index contributed by atoms with van der Waals surface area (Å²) >= 11 is 0. The molecule has 4 heteroatoms. The molecule has 2 atom stereocenters. The Hall–Kier alpha value is -1.46. The first-order valence-corrected chi connectivity index (χ1v) is 10.9. The molecule has 0 aliphatic carbocycles. The summed E-state index contributed by atoms with van der Waals surface area (Å²) in [6, 6.07) is 21.2. The van der Waals surface area contributed by atoms with E-state index in [1.165, 1.54) is 10.4 Å². The minimum atomic E-state index is -2.50. The molecule has 1 saturated heterocycles. The monoisotopic (exact) mass is 356 g/mol. The lowest BCUT2D eigenvalue weighted by Crippen LogP contribution is -2.67. The van der Waals surface area contributed by atoms with Crippen LogP contribution in [0.15, 0.2) is 60.7 Å². The third-order valence-corrected chi connectivity index (χ3v) is 9.97. The van der Waals surface area contributed by atoms with E-state index in [1.54, 1.807) is 0 Å². The number of hydrogen-bond donors (Lipinski definition) is 1. The van der Waals surface area contributed by atoms with Crippen LogP contribution >= 0.6 is 0 Å². The summed E-state index contributed by atoms with van der Waals surface area (Å²) in [6.07, 6.45) is 0.252. The summed E-state index contributed by atoms with van der Waals surface area (Å²) in [6.45, 7) is 7.73. The van der Waals surface area contributed by atoms with Gasteiger partial charge in [0.1, 0.15) is 0 Å². The second-order valence-electron chi connectivity index (χ2n) is 7.82. The van der Waals surface area contributed by atoms with Crippen LogP contribution in [-0.2, 0) is 9.16 Å². The van der Waals surface area contributed by atoms with Gasteiger partial charge in [-0.2, -0.15) is 0 Å². The Morgan fingerprint density at radius 3 is 1.92 bits per heavy atom. The zero-order valence-corrected chi connectivity index (χ0v) is 16.3. The maximum Gasteiger partial charge on any atom is 0.261 e. The fraction of sp³-hybridized carbons (Fsp3) is 0.429. The second-order valence-corrected chi connectivity index (χ2v) is 12.1. The van der Waals surface area contributed by atoms with E-state index in [2.05, 4.69) is 69.3 Å². The van der Waals surface area contributed by atoms with Crippen molar-refractivity contribution < 1.29 is 14.3 Å². The summed E-state index contributed by atoms with van der Waals surface area (Å²) in [7, 11) is -2.50. The predicted molar refractivity (Wildman–Crippen MR) is 104 cm³/mol. The average molecular weight is 357 g/mol. The third kappa shape index (κ3) is 3.72. The van der Waals surface area contributed by atoms with Gasteiger partial charge in [-0.05, 0) is 15.4 Å². The first-order chi connectivity index (χ1) is 11.9. The summed E-state index contributed by atoms with van der Waals surface area (Å²) < 4.78 is 12.5. The Morgan fingerprint density at radius 1 is 1.00 bits per heavy atom. The molecule has 1 N–H and O–H groups in total. The van der Waals surface area contributed by atoms with Crippen molar-refractivity contribution in [2.75, 3.05) is 13.2 Å². The highest BCUT2D eigenvalue weighted by molar-refractivity contribution is 6.99. The molecule has 134 valence electrons. The standard InChI is InChI=1S/C21H28O3Si/c1-21(2,3)25(19-10-6-4-7-11-19,20-12-8-5-9-13-20)24-16-18-14-17(22)15-23-18/h4-13,17-18,22H,14-16H2,1-3H3/t17-,18+/m1/s1. The average Bonchev–Trinajstić information content (AvgIpc) is 3.02. The van der Waals surface area contributed by atoms with E-state index in [-0.39, 0.29) is 17.2 Å². The van der Waals surface area contributed by atoms with Crippen LogP contribution in [0, 0.1) is 0 Å². The van der Waals surface area contributed by atoms with Crippen LogP contribution in [-0.4, -0.2) is 38.8 Å². The lowest BCUT2D eigenvalue weighted by atomic mass is 10.2. The number of rotatable bonds is 5. The van der Waals surface area contributed by atoms with E-state index in [4.69, 9.17) is 9.16 Å². The molecule has 0 spiro atoms. The minimum absolute atomic E-state index is 0.0309. The van der Waals surface area contributed by atoms with E-state index in [0.717, 1.165) is 0 Å². The van der Waals surface area contributed by atoms with Gasteiger partial charge < -0.3 is 14.3 Å². The Bertz CT molecular complexity index is 627. The Labute approximate surface area is 151 Å². The van der Waals surface area contributed by atoms with Gasteiger partial charge in [-0.3, -0.25) is 0 Å². The van der Waals surface area contributed by atoms with Gasteiger partial charge in [0.05, 0.1) is 25.4 Å². The maximum atomic E-state index is 9.75. The van der Waals surface area contributed by atoms with Crippen molar-refractivity contribution in [2.45, 2.75) is 44.4 Å². The van der Waals surface area contributed by atoms with E-state index in [1.807, 2.05) is 12.1 Å². The Morgan fingerprint density at radius 2 is 1.52 bits per heavy atom. The van der Waals surface area contributed by atoms with E-state index in [9.17, 15) is 5.11 Å². The minimum Gasteiger partial charge on any atom is -0.405 e.